The van der Waals surface area contributed by atoms with Gasteiger partial charge in [0, 0.05) is 18.5 Å². The molecule has 1 fully saturated rings. The van der Waals surface area contributed by atoms with Crippen LogP contribution in [-0.4, -0.2) is 33.3 Å². The first-order chi connectivity index (χ1) is 13.2. The van der Waals surface area contributed by atoms with E-state index in [-0.39, 0.29) is 35.2 Å². The highest BCUT2D eigenvalue weighted by Gasteiger charge is 2.31. The van der Waals surface area contributed by atoms with Crippen LogP contribution < -0.4 is 9.62 Å². The quantitative estimate of drug-likeness (QED) is 0.607. The Bertz CT molecular complexity index is 1040. The number of esters is 1. The van der Waals surface area contributed by atoms with E-state index in [1.165, 1.54) is 49.6 Å². The molecule has 8 nitrogen and oxygen atoms in total. The summed E-state index contributed by atoms with van der Waals surface area (Å²) < 4.78 is 32.3. The molecule has 2 amide bonds. The molecule has 0 unspecified atom stereocenters. The zero-order valence-corrected chi connectivity index (χ0v) is 16.1. The molecular weight excluding hydrogens is 384 g/mol. The minimum absolute atomic E-state index is 0.00936. The van der Waals surface area contributed by atoms with Crippen molar-refractivity contribution in [1.29, 1.82) is 0 Å². The third-order valence-corrected chi connectivity index (χ3v) is 5.71. The van der Waals surface area contributed by atoms with Gasteiger partial charge >= 0.3 is 5.97 Å². The minimum atomic E-state index is -3.90. The first-order valence-electron chi connectivity index (χ1n) is 8.40. The number of amides is 2. The predicted molar refractivity (Wildman–Crippen MR) is 101 cm³/mol. The number of carbonyl (C=O) groups is 3. The number of methoxy groups -OCH3 is 1. The van der Waals surface area contributed by atoms with Crippen LogP contribution >= 0.6 is 0 Å². The lowest BCUT2D eigenvalue weighted by molar-refractivity contribution is -0.121. The Morgan fingerprint density at radius 3 is 2.18 bits per heavy atom. The van der Waals surface area contributed by atoms with Gasteiger partial charge in [0.1, 0.15) is 0 Å². The average Bonchev–Trinajstić information content (AvgIpc) is 2.99. The second-order valence-electron chi connectivity index (χ2n) is 6.25. The Morgan fingerprint density at radius 2 is 1.64 bits per heavy atom. The SMILES string of the molecule is COC(=O)c1ccc(NS(=O)(=O)c2ccc(N3C(=O)CCC3=O)c(C)c2)cc1. The van der Waals surface area contributed by atoms with Crippen molar-refractivity contribution < 1.29 is 27.5 Å². The summed E-state index contributed by atoms with van der Waals surface area (Å²) >= 11 is 0. The number of nitrogens with zero attached hydrogens (tertiary/aromatic N) is 1. The van der Waals surface area contributed by atoms with Crippen molar-refractivity contribution in [1.82, 2.24) is 0 Å². The van der Waals surface area contributed by atoms with Gasteiger partial charge in [-0.2, -0.15) is 0 Å². The summed E-state index contributed by atoms with van der Waals surface area (Å²) in [4.78, 5) is 36.3. The monoisotopic (exact) mass is 402 g/mol. The van der Waals surface area contributed by atoms with Gasteiger partial charge in [0.15, 0.2) is 0 Å². The molecule has 0 spiro atoms. The molecule has 0 atom stereocenters. The number of hydrogen-bond acceptors (Lipinski definition) is 6. The summed E-state index contributed by atoms with van der Waals surface area (Å²) in [5, 5.41) is 0. The molecule has 3 rings (SSSR count). The molecule has 146 valence electrons. The minimum Gasteiger partial charge on any atom is -0.465 e. The van der Waals surface area contributed by atoms with E-state index in [0.29, 0.717) is 16.8 Å². The largest absolute Gasteiger partial charge is 0.465 e. The molecule has 1 aliphatic rings. The van der Waals surface area contributed by atoms with E-state index in [0.717, 1.165) is 4.90 Å². The average molecular weight is 402 g/mol. The number of anilines is 2. The van der Waals surface area contributed by atoms with Gasteiger partial charge in [-0.15, -0.1) is 0 Å². The molecule has 2 aromatic rings. The number of aryl methyl sites for hydroxylation is 1. The lowest BCUT2D eigenvalue weighted by Gasteiger charge is -2.17. The van der Waals surface area contributed by atoms with Crippen LogP contribution in [0.2, 0.25) is 0 Å². The van der Waals surface area contributed by atoms with Gasteiger partial charge in [-0.05, 0) is 55.0 Å². The van der Waals surface area contributed by atoms with E-state index in [1.54, 1.807) is 6.92 Å². The van der Waals surface area contributed by atoms with E-state index in [9.17, 15) is 22.8 Å². The van der Waals surface area contributed by atoms with E-state index in [4.69, 9.17) is 0 Å². The number of rotatable bonds is 5. The Kier molecular flexibility index (Phi) is 5.19. The van der Waals surface area contributed by atoms with Crippen LogP contribution in [0.25, 0.3) is 0 Å². The van der Waals surface area contributed by atoms with Crippen molar-refractivity contribution in [3.8, 4) is 0 Å². The molecule has 1 aliphatic heterocycles. The lowest BCUT2D eigenvalue weighted by atomic mass is 10.2. The van der Waals surface area contributed by atoms with Crippen LogP contribution in [0, 0.1) is 6.92 Å². The van der Waals surface area contributed by atoms with Crippen molar-refractivity contribution in [2.24, 2.45) is 0 Å². The molecule has 1 heterocycles. The molecule has 1 saturated heterocycles. The molecule has 2 aromatic carbocycles. The van der Waals surface area contributed by atoms with Gasteiger partial charge < -0.3 is 4.74 Å². The summed E-state index contributed by atoms with van der Waals surface area (Å²) in [5.74, 6) is -1.12. The second kappa shape index (κ2) is 7.43. The molecule has 0 radical (unpaired) electrons. The highest BCUT2D eigenvalue weighted by Crippen LogP contribution is 2.28. The maximum absolute atomic E-state index is 12.6. The predicted octanol–water partition coefficient (Wildman–Crippen LogP) is 2.24. The van der Waals surface area contributed by atoms with Crippen LogP contribution in [0.4, 0.5) is 11.4 Å². The van der Waals surface area contributed by atoms with E-state index in [2.05, 4.69) is 9.46 Å². The van der Waals surface area contributed by atoms with Crippen molar-refractivity contribution in [2.45, 2.75) is 24.7 Å². The van der Waals surface area contributed by atoms with E-state index in [1.807, 2.05) is 0 Å². The van der Waals surface area contributed by atoms with E-state index >= 15 is 0 Å². The molecule has 0 aliphatic carbocycles. The Balaban J connectivity index is 1.84. The molecule has 28 heavy (non-hydrogen) atoms. The number of ether oxygens (including phenoxy) is 1. The molecule has 0 bridgehead atoms. The maximum Gasteiger partial charge on any atom is 0.337 e. The van der Waals surface area contributed by atoms with Gasteiger partial charge in [0.25, 0.3) is 10.0 Å². The third-order valence-electron chi connectivity index (χ3n) is 4.33. The standard InChI is InChI=1S/C19H18N2O6S/c1-12-11-15(7-8-16(12)21-17(22)9-10-18(21)23)28(25,26)20-14-5-3-13(4-6-14)19(24)27-2/h3-8,11,20H,9-10H2,1-2H3. The molecule has 0 aromatic heterocycles. The zero-order chi connectivity index (χ0) is 20.5. The maximum atomic E-state index is 12.6. The van der Waals surface area contributed by atoms with Crippen molar-refractivity contribution in [3.63, 3.8) is 0 Å². The highest BCUT2D eigenvalue weighted by atomic mass is 32.2. The highest BCUT2D eigenvalue weighted by molar-refractivity contribution is 7.92. The third kappa shape index (κ3) is 3.74. The second-order valence-corrected chi connectivity index (χ2v) is 7.93. The first kappa shape index (κ1) is 19.6. The van der Waals surface area contributed by atoms with Crippen molar-refractivity contribution >= 4 is 39.2 Å². The Morgan fingerprint density at radius 1 is 1.04 bits per heavy atom. The smallest absolute Gasteiger partial charge is 0.337 e. The van der Waals surface area contributed by atoms with Crippen molar-refractivity contribution in [3.05, 3.63) is 53.6 Å². The fourth-order valence-corrected chi connectivity index (χ4v) is 4.04. The van der Waals surface area contributed by atoms with Gasteiger partial charge in [-0.1, -0.05) is 0 Å². The summed E-state index contributed by atoms with van der Waals surface area (Å²) in [5.41, 5.74) is 1.45. The van der Waals surface area contributed by atoms with Gasteiger partial charge in [0.2, 0.25) is 11.8 Å². The number of sulfonamides is 1. The van der Waals surface area contributed by atoms with Gasteiger partial charge in [0.05, 0.1) is 23.3 Å². The topological polar surface area (TPSA) is 110 Å². The van der Waals surface area contributed by atoms with Crippen LogP contribution in [0.5, 0.6) is 0 Å². The normalized spacial score (nSPS) is 14.3. The van der Waals surface area contributed by atoms with Crippen molar-refractivity contribution in [2.75, 3.05) is 16.7 Å². The van der Waals surface area contributed by atoms with Crippen LogP contribution in [0.15, 0.2) is 47.4 Å². The van der Waals surface area contributed by atoms with Gasteiger partial charge in [-0.3, -0.25) is 19.2 Å². The molecular formula is C19H18N2O6S. The number of carbonyl (C=O) groups excluding carboxylic acids is 3. The molecule has 1 N–H and O–H groups in total. The fraction of sp³-hybridized carbons (Fsp3) is 0.211. The molecule has 9 heteroatoms. The summed E-state index contributed by atoms with van der Waals surface area (Å²) in [7, 11) is -2.64. The fourth-order valence-electron chi connectivity index (χ4n) is 2.90. The summed E-state index contributed by atoms with van der Waals surface area (Å²) in [6.45, 7) is 1.64. The molecule has 0 saturated carbocycles. The number of nitrogens with one attached hydrogen (secondary N) is 1. The van der Waals surface area contributed by atoms with Crippen LogP contribution in [0.1, 0.15) is 28.8 Å². The number of benzene rings is 2. The van der Waals surface area contributed by atoms with Gasteiger partial charge in [-0.25, -0.2) is 13.2 Å². The number of imide groups is 1. The van der Waals surface area contributed by atoms with Crippen LogP contribution in [-0.2, 0) is 24.3 Å². The summed E-state index contributed by atoms with van der Waals surface area (Å²) in [6.07, 6.45) is 0.308. The van der Waals surface area contributed by atoms with E-state index < -0.39 is 16.0 Å². The first-order valence-corrected chi connectivity index (χ1v) is 9.89. The summed E-state index contributed by atoms with van der Waals surface area (Å²) in [6, 6.07) is 9.99. The zero-order valence-electron chi connectivity index (χ0n) is 15.3. The lowest BCUT2D eigenvalue weighted by Crippen LogP contribution is -2.29. The van der Waals surface area contributed by atoms with Crippen LogP contribution in [0.3, 0.4) is 0 Å². The Hall–Kier alpha value is -3.20. The Labute approximate surface area is 162 Å². The number of hydrogen-bond donors (Lipinski definition) is 1.